The fraction of sp³-hybridized carbons (Fsp3) is 0.393. The van der Waals surface area contributed by atoms with E-state index in [-0.39, 0.29) is 17.9 Å². The number of hydrogen-bond acceptors (Lipinski definition) is 6. The summed E-state index contributed by atoms with van der Waals surface area (Å²) in [5.41, 5.74) is 2.26. The summed E-state index contributed by atoms with van der Waals surface area (Å²) < 4.78 is 17.9. The van der Waals surface area contributed by atoms with Gasteiger partial charge in [0.2, 0.25) is 0 Å². The van der Waals surface area contributed by atoms with Crippen LogP contribution >= 0.6 is 0 Å². The highest BCUT2D eigenvalue weighted by molar-refractivity contribution is 6.05. The number of nitrogens with zero attached hydrogens (tertiary/aromatic N) is 3. The molecular weight excluding hydrogens is 472 g/mol. The number of ether oxygens (including phenoxy) is 3. The van der Waals surface area contributed by atoms with Gasteiger partial charge in [-0.1, -0.05) is 0 Å². The topological polar surface area (TPSA) is 94.9 Å². The fourth-order valence-corrected chi connectivity index (χ4v) is 4.39. The van der Waals surface area contributed by atoms with Crippen LogP contribution in [0.5, 0.6) is 11.5 Å². The lowest BCUT2D eigenvalue weighted by Gasteiger charge is -2.34. The number of rotatable bonds is 6. The molecule has 9 nitrogen and oxygen atoms in total. The van der Waals surface area contributed by atoms with Crippen molar-refractivity contribution in [2.45, 2.75) is 45.1 Å². The first-order valence-corrected chi connectivity index (χ1v) is 12.3. The van der Waals surface area contributed by atoms with Crippen LogP contribution in [0, 0.1) is 0 Å². The number of carbonyl (C=O) groups excluding carboxylic acids is 2. The Morgan fingerprint density at radius 3 is 2.03 bits per heavy atom. The molecule has 1 aliphatic heterocycles. The quantitative estimate of drug-likeness (QED) is 0.490. The van der Waals surface area contributed by atoms with E-state index in [0.717, 1.165) is 17.1 Å². The van der Waals surface area contributed by atoms with Gasteiger partial charge < -0.3 is 24.4 Å². The Morgan fingerprint density at radius 1 is 0.919 bits per heavy atom. The predicted molar refractivity (Wildman–Crippen MR) is 141 cm³/mol. The number of hydrogen-bond donors (Lipinski definition) is 1. The molecule has 2 amide bonds. The molecule has 1 aliphatic rings. The van der Waals surface area contributed by atoms with Gasteiger partial charge in [0, 0.05) is 24.7 Å². The van der Waals surface area contributed by atoms with E-state index in [0.29, 0.717) is 42.9 Å². The number of piperidine rings is 1. The van der Waals surface area contributed by atoms with Crippen molar-refractivity contribution in [3.63, 3.8) is 0 Å². The lowest BCUT2D eigenvalue weighted by molar-refractivity contribution is 0.0203. The normalized spacial score (nSPS) is 14.2. The second kappa shape index (κ2) is 10.9. The fourth-order valence-electron chi connectivity index (χ4n) is 4.39. The van der Waals surface area contributed by atoms with E-state index < -0.39 is 5.60 Å². The molecule has 0 unspecified atom stereocenters. The van der Waals surface area contributed by atoms with E-state index in [1.807, 2.05) is 49.7 Å². The van der Waals surface area contributed by atoms with Gasteiger partial charge in [0.25, 0.3) is 5.91 Å². The first-order chi connectivity index (χ1) is 17.7. The third-order valence-electron chi connectivity index (χ3n) is 6.25. The zero-order valence-corrected chi connectivity index (χ0v) is 22.0. The van der Waals surface area contributed by atoms with Crippen LogP contribution in [0.4, 0.5) is 10.5 Å². The zero-order chi connectivity index (χ0) is 26.6. The molecule has 3 aromatic rings. The Kier molecular flexibility index (Phi) is 7.71. The molecule has 196 valence electrons. The van der Waals surface area contributed by atoms with E-state index in [9.17, 15) is 9.59 Å². The van der Waals surface area contributed by atoms with Crippen LogP contribution in [0.3, 0.4) is 0 Å². The molecule has 1 N–H and O–H groups in total. The van der Waals surface area contributed by atoms with Crippen molar-refractivity contribution in [2.75, 3.05) is 32.6 Å². The molecule has 0 radical (unpaired) electrons. The second-order valence-corrected chi connectivity index (χ2v) is 9.98. The Balaban J connectivity index is 1.60. The van der Waals surface area contributed by atoms with Crippen molar-refractivity contribution in [2.24, 2.45) is 0 Å². The molecule has 4 rings (SSSR count). The summed E-state index contributed by atoms with van der Waals surface area (Å²) >= 11 is 0. The molecule has 1 fully saturated rings. The summed E-state index contributed by atoms with van der Waals surface area (Å²) in [5, 5.41) is 7.57. The number of benzene rings is 2. The van der Waals surface area contributed by atoms with Crippen molar-refractivity contribution in [1.29, 1.82) is 0 Å². The van der Waals surface area contributed by atoms with Gasteiger partial charge in [-0.2, -0.15) is 5.10 Å². The average Bonchev–Trinajstić information content (AvgIpc) is 3.34. The number of carbonyl (C=O) groups is 2. The first-order valence-electron chi connectivity index (χ1n) is 12.3. The van der Waals surface area contributed by atoms with Gasteiger partial charge in [0.05, 0.1) is 37.4 Å². The number of amides is 2. The molecule has 2 aromatic carbocycles. The van der Waals surface area contributed by atoms with E-state index in [2.05, 4.69) is 10.4 Å². The molecule has 0 bridgehead atoms. The summed E-state index contributed by atoms with van der Waals surface area (Å²) in [6.07, 6.45) is 2.67. The summed E-state index contributed by atoms with van der Waals surface area (Å²) in [6, 6.07) is 14.7. The van der Waals surface area contributed by atoms with E-state index >= 15 is 0 Å². The van der Waals surface area contributed by atoms with Gasteiger partial charge in [-0.05, 0) is 82.1 Å². The summed E-state index contributed by atoms with van der Waals surface area (Å²) in [7, 11) is 3.22. The van der Waals surface area contributed by atoms with Crippen LogP contribution in [0.2, 0.25) is 0 Å². The molecule has 1 saturated heterocycles. The van der Waals surface area contributed by atoms with Gasteiger partial charge in [-0.15, -0.1) is 0 Å². The second-order valence-electron chi connectivity index (χ2n) is 9.98. The predicted octanol–water partition coefficient (Wildman–Crippen LogP) is 5.26. The van der Waals surface area contributed by atoms with E-state index in [4.69, 9.17) is 14.2 Å². The van der Waals surface area contributed by atoms with Crippen molar-refractivity contribution >= 4 is 17.7 Å². The molecule has 0 aliphatic carbocycles. The average molecular weight is 507 g/mol. The maximum Gasteiger partial charge on any atom is 0.410 e. The smallest absolute Gasteiger partial charge is 0.410 e. The first kappa shape index (κ1) is 26.1. The minimum atomic E-state index is -0.548. The SMILES string of the molecule is COc1ccc(NC(=O)c2cnn(-c3ccc(OC)cc3)c2C2CCN(C(=O)OC(C)(C)C)CC2)cc1. The van der Waals surface area contributed by atoms with Gasteiger partial charge >= 0.3 is 6.09 Å². The maximum atomic E-state index is 13.4. The highest BCUT2D eigenvalue weighted by Crippen LogP contribution is 2.33. The standard InChI is InChI=1S/C28H34N4O5/c1-28(2,3)37-27(34)31-16-14-19(15-17-31)25-24(26(33)30-20-6-10-22(35-4)11-7-20)18-29-32(25)21-8-12-23(36-5)13-9-21/h6-13,18-19H,14-17H2,1-5H3,(H,30,33). The van der Waals surface area contributed by atoms with Gasteiger partial charge in [-0.3, -0.25) is 4.79 Å². The van der Waals surface area contributed by atoms with Crippen LogP contribution in [0.15, 0.2) is 54.7 Å². The van der Waals surface area contributed by atoms with Crippen molar-refractivity contribution in [3.05, 3.63) is 66.0 Å². The summed E-state index contributed by atoms with van der Waals surface area (Å²) in [5.74, 6) is 1.23. The maximum absolute atomic E-state index is 13.4. The number of anilines is 1. The van der Waals surface area contributed by atoms with Crippen molar-refractivity contribution in [1.82, 2.24) is 14.7 Å². The van der Waals surface area contributed by atoms with Gasteiger partial charge in [0.15, 0.2) is 0 Å². The van der Waals surface area contributed by atoms with E-state index in [1.165, 1.54) is 0 Å². The Labute approximate surface area is 217 Å². The largest absolute Gasteiger partial charge is 0.497 e. The van der Waals surface area contributed by atoms with Crippen LogP contribution in [-0.2, 0) is 4.74 Å². The number of aromatic nitrogens is 2. The molecule has 1 aromatic heterocycles. The lowest BCUT2D eigenvalue weighted by atomic mass is 9.90. The third kappa shape index (κ3) is 6.22. The number of nitrogens with one attached hydrogen (secondary N) is 1. The lowest BCUT2D eigenvalue weighted by Crippen LogP contribution is -2.41. The minimum absolute atomic E-state index is 0.0277. The Hall–Kier alpha value is -4.01. The van der Waals surface area contributed by atoms with Crippen LogP contribution < -0.4 is 14.8 Å². The highest BCUT2D eigenvalue weighted by atomic mass is 16.6. The van der Waals surface area contributed by atoms with Crippen LogP contribution in [0.25, 0.3) is 5.69 Å². The Bertz CT molecular complexity index is 1220. The minimum Gasteiger partial charge on any atom is -0.497 e. The Morgan fingerprint density at radius 2 is 1.49 bits per heavy atom. The molecule has 0 saturated carbocycles. The molecule has 9 heteroatoms. The highest BCUT2D eigenvalue weighted by Gasteiger charge is 2.32. The van der Waals surface area contributed by atoms with E-state index in [1.54, 1.807) is 49.6 Å². The van der Waals surface area contributed by atoms with Gasteiger partial charge in [0.1, 0.15) is 17.1 Å². The van der Waals surface area contributed by atoms with Crippen LogP contribution in [0.1, 0.15) is 55.6 Å². The molecule has 0 spiro atoms. The number of methoxy groups -OCH3 is 2. The molecular formula is C28H34N4O5. The monoisotopic (exact) mass is 506 g/mol. The van der Waals surface area contributed by atoms with Crippen molar-refractivity contribution < 1.29 is 23.8 Å². The molecule has 37 heavy (non-hydrogen) atoms. The number of likely N-dealkylation sites (tertiary alicyclic amines) is 1. The van der Waals surface area contributed by atoms with Crippen LogP contribution in [-0.4, -0.2) is 59.6 Å². The molecule has 0 atom stereocenters. The zero-order valence-electron chi connectivity index (χ0n) is 22.0. The summed E-state index contributed by atoms with van der Waals surface area (Å²) in [6.45, 7) is 6.65. The molecule has 2 heterocycles. The third-order valence-corrected chi connectivity index (χ3v) is 6.25. The summed E-state index contributed by atoms with van der Waals surface area (Å²) in [4.78, 5) is 27.7. The van der Waals surface area contributed by atoms with Crippen molar-refractivity contribution in [3.8, 4) is 17.2 Å². The van der Waals surface area contributed by atoms with Gasteiger partial charge in [-0.25, -0.2) is 9.48 Å².